The van der Waals surface area contributed by atoms with E-state index in [1.54, 1.807) is 0 Å². The van der Waals surface area contributed by atoms with Crippen molar-refractivity contribution in [2.75, 3.05) is 6.61 Å². The minimum Gasteiger partial charge on any atom is -0.377 e. The van der Waals surface area contributed by atoms with Gasteiger partial charge in [0.2, 0.25) is 0 Å². The minimum absolute atomic E-state index is 0.0172. The third kappa shape index (κ3) is 2.21. The van der Waals surface area contributed by atoms with Gasteiger partial charge in [-0.25, -0.2) is 9.78 Å². The first-order chi connectivity index (χ1) is 12.8. The molecule has 5 aliphatic rings. The number of fused-ring (bicyclic) bond motifs is 5. The molecule has 4 saturated carbocycles. The lowest BCUT2D eigenvalue weighted by Gasteiger charge is -2.64. The predicted octanol–water partition coefficient (Wildman–Crippen LogP) is 4.73. The molecule has 150 valence electrons. The topological polar surface area (TPSA) is 38.7 Å². The number of hydrogen-bond acceptors (Lipinski definition) is 3. The molecule has 0 amide bonds. The highest BCUT2D eigenvalue weighted by Crippen LogP contribution is 2.70. The van der Waals surface area contributed by atoms with Crippen LogP contribution in [0.15, 0.2) is 0 Å². The Bertz CT molecular complexity index is 661. The molecule has 0 aromatic carbocycles. The Balaban J connectivity index is 1.46. The third-order valence-electron chi connectivity index (χ3n) is 10.6. The van der Waals surface area contributed by atoms with Crippen LogP contribution in [-0.4, -0.2) is 22.9 Å². The second-order valence-electron chi connectivity index (χ2n) is 11.2. The molecule has 5 rings (SSSR count). The molecule has 9 atom stereocenters. The molecule has 4 aliphatic carbocycles. The fourth-order valence-corrected chi connectivity index (χ4v) is 8.83. The van der Waals surface area contributed by atoms with Gasteiger partial charge in [-0.05, 0) is 86.4 Å². The molecular formula is C24H36O3. The molecule has 1 heterocycles. The Morgan fingerprint density at radius 1 is 1.00 bits per heavy atom. The standard InChI is InChI=1S/C24H36O3/c1-5-24(25)11-9-19-18-7-6-17-15-23(12-13-26-27-23)14-16(2)22(17,4)20(18)8-10-21(19,24)3/h1,16-20,25H,6-15H2,2-4H3/t16-,17-,18-,19-,20-,21-,22-,23?,24-/m0/s1. The van der Waals surface area contributed by atoms with Crippen molar-refractivity contribution in [2.45, 2.75) is 89.8 Å². The van der Waals surface area contributed by atoms with Gasteiger partial charge in [-0.1, -0.05) is 26.7 Å². The zero-order valence-electron chi connectivity index (χ0n) is 17.3. The molecule has 0 aromatic rings. The van der Waals surface area contributed by atoms with Gasteiger partial charge in [0.1, 0.15) is 11.2 Å². The van der Waals surface area contributed by atoms with Crippen molar-refractivity contribution in [2.24, 2.45) is 40.4 Å². The van der Waals surface area contributed by atoms with E-state index >= 15 is 0 Å². The van der Waals surface area contributed by atoms with E-state index in [4.69, 9.17) is 16.2 Å². The Morgan fingerprint density at radius 2 is 1.78 bits per heavy atom. The van der Waals surface area contributed by atoms with Crippen molar-refractivity contribution in [3.63, 3.8) is 0 Å². The summed E-state index contributed by atoms with van der Waals surface area (Å²) in [6.45, 7) is 8.11. The first kappa shape index (κ1) is 18.5. The van der Waals surface area contributed by atoms with Gasteiger partial charge in [0.25, 0.3) is 0 Å². The Morgan fingerprint density at radius 3 is 2.48 bits per heavy atom. The Kier molecular flexibility index (Phi) is 3.93. The number of aliphatic hydroxyl groups is 1. The van der Waals surface area contributed by atoms with E-state index in [0.717, 1.165) is 56.5 Å². The summed E-state index contributed by atoms with van der Waals surface area (Å²) in [5.41, 5.74) is -0.611. The fraction of sp³-hybridized carbons (Fsp3) is 0.917. The molecule has 27 heavy (non-hydrogen) atoms. The molecule has 1 N–H and O–H groups in total. The second kappa shape index (κ2) is 5.74. The van der Waals surface area contributed by atoms with Crippen LogP contribution in [0.5, 0.6) is 0 Å². The molecule has 5 fully saturated rings. The van der Waals surface area contributed by atoms with Gasteiger partial charge < -0.3 is 5.11 Å². The molecule has 0 aromatic heterocycles. The van der Waals surface area contributed by atoms with Crippen molar-refractivity contribution >= 4 is 0 Å². The highest BCUT2D eigenvalue weighted by Gasteiger charge is 2.66. The first-order valence-corrected chi connectivity index (χ1v) is 11.3. The van der Waals surface area contributed by atoms with Gasteiger partial charge in [-0.2, -0.15) is 0 Å². The van der Waals surface area contributed by atoms with Crippen LogP contribution in [0.1, 0.15) is 78.6 Å². The summed E-state index contributed by atoms with van der Waals surface area (Å²) in [7, 11) is 0. The number of hydrogen-bond donors (Lipinski definition) is 1. The summed E-state index contributed by atoms with van der Waals surface area (Å²) in [5, 5.41) is 11.2. The van der Waals surface area contributed by atoms with Crippen LogP contribution in [0, 0.1) is 52.8 Å². The van der Waals surface area contributed by atoms with Crippen LogP contribution in [0.25, 0.3) is 0 Å². The van der Waals surface area contributed by atoms with Crippen molar-refractivity contribution in [1.29, 1.82) is 0 Å². The monoisotopic (exact) mass is 372 g/mol. The molecule has 1 aliphatic heterocycles. The SMILES string of the molecule is C#C[C@]1(O)CC[C@H]2[C@@H]3CC[C@H]4CC5(CCOO5)C[C@H](C)[C@]4(C)[C@H]3CC[C@@]21C. The first-order valence-electron chi connectivity index (χ1n) is 11.3. The maximum Gasteiger partial charge on any atom is 0.130 e. The van der Waals surface area contributed by atoms with Crippen LogP contribution < -0.4 is 0 Å². The Labute approximate surface area is 164 Å². The van der Waals surface area contributed by atoms with Gasteiger partial charge >= 0.3 is 0 Å². The lowest BCUT2D eigenvalue weighted by atomic mass is 9.41. The lowest BCUT2D eigenvalue weighted by Crippen LogP contribution is -2.60. The molecule has 0 radical (unpaired) electrons. The predicted molar refractivity (Wildman–Crippen MR) is 104 cm³/mol. The summed E-state index contributed by atoms with van der Waals surface area (Å²) in [4.78, 5) is 11.2. The van der Waals surface area contributed by atoms with E-state index in [9.17, 15) is 5.11 Å². The van der Waals surface area contributed by atoms with E-state index in [1.807, 2.05) is 0 Å². The average molecular weight is 373 g/mol. The summed E-state index contributed by atoms with van der Waals surface area (Å²) in [6.07, 6.45) is 16.0. The summed E-state index contributed by atoms with van der Waals surface area (Å²) in [5.74, 6) is 6.28. The van der Waals surface area contributed by atoms with E-state index in [2.05, 4.69) is 26.7 Å². The van der Waals surface area contributed by atoms with Gasteiger partial charge in [0.05, 0.1) is 6.61 Å². The van der Waals surface area contributed by atoms with Gasteiger partial charge in [-0.15, -0.1) is 6.42 Å². The van der Waals surface area contributed by atoms with Crippen molar-refractivity contribution in [1.82, 2.24) is 0 Å². The van der Waals surface area contributed by atoms with Gasteiger partial charge in [-0.3, -0.25) is 0 Å². The minimum atomic E-state index is -0.891. The van der Waals surface area contributed by atoms with E-state index in [0.29, 0.717) is 17.3 Å². The molecule has 3 heteroatoms. The van der Waals surface area contributed by atoms with E-state index in [-0.39, 0.29) is 11.0 Å². The third-order valence-corrected chi connectivity index (χ3v) is 10.6. The maximum atomic E-state index is 11.2. The van der Waals surface area contributed by atoms with Gasteiger partial charge in [0, 0.05) is 11.8 Å². The molecule has 3 nitrogen and oxygen atoms in total. The van der Waals surface area contributed by atoms with Crippen molar-refractivity contribution in [3.8, 4) is 12.3 Å². The van der Waals surface area contributed by atoms with Crippen molar-refractivity contribution < 1.29 is 14.9 Å². The maximum absolute atomic E-state index is 11.2. The zero-order chi connectivity index (χ0) is 19.1. The number of terminal acetylenes is 1. The molecule has 0 bridgehead atoms. The molecule has 1 spiro atoms. The number of rotatable bonds is 0. The normalized spacial score (nSPS) is 59.7. The Hall–Kier alpha value is -0.560. The zero-order valence-corrected chi connectivity index (χ0v) is 17.3. The van der Waals surface area contributed by atoms with Crippen LogP contribution in [0.2, 0.25) is 0 Å². The average Bonchev–Trinajstić information content (AvgIpc) is 3.20. The van der Waals surface area contributed by atoms with Crippen LogP contribution >= 0.6 is 0 Å². The molecule has 1 saturated heterocycles. The summed E-state index contributed by atoms with van der Waals surface area (Å²) < 4.78 is 0. The van der Waals surface area contributed by atoms with Gasteiger partial charge in [0.15, 0.2) is 0 Å². The largest absolute Gasteiger partial charge is 0.377 e. The quantitative estimate of drug-likeness (QED) is 0.493. The second-order valence-corrected chi connectivity index (χ2v) is 11.2. The highest BCUT2D eigenvalue weighted by molar-refractivity contribution is 5.24. The fourth-order valence-electron chi connectivity index (χ4n) is 8.83. The van der Waals surface area contributed by atoms with Crippen LogP contribution in [0.4, 0.5) is 0 Å². The van der Waals surface area contributed by atoms with E-state index < -0.39 is 5.60 Å². The molecular weight excluding hydrogens is 336 g/mol. The van der Waals surface area contributed by atoms with E-state index in [1.165, 1.54) is 25.7 Å². The summed E-state index contributed by atoms with van der Waals surface area (Å²) >= 11 is 0. The van der Waals surface area contributed by atoms with Crippen LogP contribution in [0.3, 0.4) is 0 Å². The lowest BCUT2D eigenvalue weighted by molar-refractivity contribution is -0.330. The highest BCUT2D eigenvalue weighted by atomic mass is 17.2. The smallest absolute Gasteiger partial charge is 0.130 e. The summed E-state index contributed by atoms with van der Waals surface area (Å²) in [6, 6.07) is 0. The van der Waals surface area contributed by atoms with Crippen molar-refractivity contribution in [3.05, 3.63) is 0 Å². The molecule has 1 unspecified atom stereocenters. The van der Waals surface area contributed by atoms with Crippen LogP contribution in [-0.2, 0) is 9.78 Å².